The van der Waals surface area contributed by atoms with Gasteiger partial charge in [0.2, 0.25) is 12.1 Å². The van der Waals surface area contributed by atoms with Crippen molar-refractivity contribution in [2.75, 3.05) is 13.7 Å². The molecule has 2 atom stereocenters. The van der Waals surface area contributed by atoms with Crippen LogP contribution in [0.1, 0.15) is 12.0 Å². The van der Waals surface area contributed by atoms with Gasteiger partial charge in [0.25, 0.3) is 0 Å². The number of alkyl halides is 1. The summed E-state index contributed by atoms with van der Waals surface area (Å²) in [5.74, 6) is -1.19. The lowest BCUT2D eigenvalue weighted by atomic mass is 10.1. The monoisotopic (exact) mass is 278 g/mol. The molecule has 0 N–H and O–H groups in total. The van der Waals surface area contributed by atoms with Crippen LogP contribution in [-0.2, 0) is 9.47 Å². The zero-order valence-electron chi connectivity index (χ0n) is 11.7. The minimum atomic E-state index is -1.85. The molecule has 0 amide bonds. The van der Waals surface area contributed by atoms with Gasteiger partial charge in [-0.2, -0.15) is 0 Å². The van der Waals surface area contributed by atoms with E-state index >= 15 is 0 Å². The van der Waals surface area contributed by atoms with Gasteiger partial charge in [0.05, 0.1) is 0 Å². The molecule has 1 aliphatic rings. The van der Waals surface area contributed by atoms with E-state index in [4.69, 9.17) is 14.2 Å². The number of ether oxygens (including phenoxy) is 3. The van der Waals surface area contributed by atoms with Crippen LogP contribution in [0.15, 0.2) is 48.6 Å². The number of halogens is 1. The highest BCUT2D eigenvalue weighted by Gasteiger charge is 2.32. The highest BCUT2D eigenvalue weighted by molar-refractivity contribution is 5.31. The molecule has 2 unspecified atom stereocenters. The fourth-order valence-corrected chi connectivity index (χ4v) is 1.94. The summed E-state index contributed by atoms with van der Waals surface area (Å²) in [6.07, 6.45) is 5.88. The van der Waals surface area contributed by atoms with Crippen LogP contribution in [-0.4, -0.2) is 25.9 Å². The SMILES string of the molecule is COCC(Oc1ccccc1C)OC1(F)C=CC=CC1. The van der Waals surface area contributed by atoms with Crippen LogP contribution in [0.2, 0.25) is 0 Å². The molecule has 2 rings (SSSR count). The van der Waals surface area contributed by atoms with Gasteiger partial charge in [0, 0.05) is 13.5 Å². The molecule has 0 aromatic heterocycles. The van der Waals surface area contributed by atoms with Crippen molar-refractivity contribution in [2.45, 2.75) is 25.5 Å². The Bertz CT molecular complexity index is 498. The van der Waals surface area contributed by atoms with Crippen molar-refractivity contribution in [1.29, 1.82) is 0 Å². The van der Waals surface area contributed by atoms with Gasteiger partial charge in [-0.25, -0.2) is 4.39 Å². The molecule has 1 aliphatic carbocycles. The van der Waals surface area contributed by atoms with Crippen molar-refractivity contribution < 1.29 is 18.6 Å². The Hall–Kier alpha value is -1.65. The number of benzene rings is 1. The lowest BCUT2D eigenvalue weighted by Gasteiger charge is -2.28. The molecule has 3 nitrogen and oxygen atoms in total. The molecule has 108 valence electrons. The van der Waals surface area contributed by atoms with Crippen molar-refractivity contribution >= 4 is 0 Å². The molecule has 1 aromatic carbocycles. The minimum absolute atomic E-state index is 0.150. The van der Waals surface area contributed by atoms with Crippen LogP contribution in [0.4, 0.5) is 4.39 Å². The van der Waals surface area contributed by atoms with Crippen LogP contribution in [0.25, 0.3) is 0 Å². The molecule has 0 aliphatic heterocycles. The van der Waals surface area contributed by atoms with E-state index in [0.29, 0.717) is 5.75 Å². The number of allylic oxidation sites excluding steroid dienone is 2. The second-order valence-electron chi connectivity index (χ2n) is 4.66. The van der Waals surface area contributed by atoms with Crippen molar-refractivity contribution in [1.82, 2.24) is 0 Å². The maximum atomic E-state index is 14.5. The number of aryl methyl sites for hydroxylation is 1. The molecule has 0 heterocycles. The molecular weight excluding hydrogens is 259 g/mol. The van der Waals surface area contributed by atoms with E-state index in [1.807, 2.05) is 31.2 Å². The van der Waals surface area contributed by atoms with Crippen LogP contribution in [0, 0.1) is 6.92 Å². The van der Waals surface area contributed by atoms with Crippen LogP contribution in [0.3, 0.4) is 0 Å². The Labute approximate surface area is 118 Å². The molecule has 0 spiro atoms. The van der Waals surface area contributed by atoms with E-state index in [9.17, 15) is 4.39 Å². The van der Waals surface area contributed by atoms with Crippen LogP contribution >= 0.6 is 0 Å². The van der Waals surface area contributed by atoms with Gasteiger partial charge in [0.15, 0.2) is 0 Å². The van der Waals surface area contributed by atoms with E-state index in [1.54, 1.807) is 18.2 Å². The second-order valence-corrected chi connectivity index (χ2v) is 4.66. The van der Waals surface area contributed by atoms with Gasteiger partial charge in [-0.05, 0) is 24.6 Å². The third-order valence-electron chi connectivity index (χ3n) is 2.97. The summed E-state index contributed by atoms with van der Waals surface area (Å²) >= 11 is 0. The van der Waals surface area contributed by atoms with Gasteiger partial charge in [0.1, 0.15) is 12.4 Å². The molecule has 0 saturated carbocycles. The lowest BCUT2D eigenvalue weighted by Crippen LogP contribution is -2.37. The van der Waals surface area contributed by atoms with E-state index < -0.39 is 12.1 Å². The molecule has 0 fully saturated rings. The standard InChI is InChI=1S/C16H19FO3/c1-13-8-4-5-9-14(13)19-15(12-18-2)20-16(17)10-6-3-7-11-16/h3-10,15H,11-12H2,1-2H3. The third-order valence-corrected chi connectivity index (χ3v) is 2.97. The Morgan fingerprint density at radius 1 is 1.30 bits per heavy atom. The summed E-state index contributed by atoms with van der Waals surface area (Å²) in [5.41, 5.74) is 0.962. The molecule has 0 bridgehead atoms. The largest absolute Gasteiger partial charge is 0.462 e. The minimum Gasteiger partial charge on any atom is -0.462 e. The number of rotatable bonds is 6. The molecule has 20 heavy (non-hydrogen) atoms. The van der Waals surface area contributed by atoms with Crippen molar-refractivity contribution in [3.8, 4) is 5.75 Å². The number of hydrogen-bond acceptors (Lipinski definition) is 3. The average Bonchev–Trinajstić information content (AvgIpc) is 2.42. The number of para-hydroxylation sites is 1. The van der Waals surface area contributed by atoms with Crippen LogP contribution in [0.5, 0.6) is 5.75 Å². The average molecular weight is 278 g/mol. The molecule has 4 heteroatoms. The van der Waals surface area contributed by atoms with E-state index in [0.717, 1.165) is 5.56 Å². The van der Waals surface area contributed by atoms with Gasteiger partial charge in [-0.3, -0.25) is 4.74 Å². The highest BCUT2D eigenvalue weighted by atomic mass is 19.2. The Morgan fingerprint density at radius 3 is 2.75 bits per heavy atom. The van der Waals surface area contributed by atoms with Crippen molar-refractivity contribution in [2.24, 2.45) is 0 Å². The molecular formula is C16H19FO3. The first kappa shape index (κ1) is 14.8. The van der Waals surface area contributed by atoms with Gasteiger partial charge in [-0.15, -0.1) is 0 Å². The first-order chi connectivity index (χ1) is 9.63. The number of hydrogen-bond donors (Lipinski definition) is 0. The normalized spacial score (nSPS) is 22.8. The highest BCUT2D eigenvalue weighted by Crippen LogP contribution is 2.27. The molecule has 0 saturated heterocycles. The maximum Gasteiger partial charge on any atom is 0.235 e. The Kier molecular flexibility index (Phi) is 4.93. The van der Waals surface area contributed by atoms with E-state index in [1.165, 1.54) is 13.2 Å². The predicted molar refractivity (Wildman–Crippen MR) is 75.3 cm³/mol. The summed E-state index contributed by atoms with van der Waals surface area (Å²) in [6, 6.07) is 7.52. The summed E-state index contributed by atoms with van der Waals surface area (Å²) in [7, 11) is 1.53. The quantitative estimate of drug-likeness (QED) is 0.745. The first-order valence-corrected chi connectivity index (χ1v) is 6.55. The van der Waals surface area contributed by atoms with Crippen molar-refractivity contribution in [3.05, 3.63) is 54.1 Å². The molecule has 0 radical (unpaired) electrons. The van der Waals surface area contributed by atoms with Gasteiger partial charge < -0.3 is 9.47 Å². The van der Waals surface area contributed by atoms with Gasteiger partial charge in [-0.1, -0.05) is 36.4 Å². The Balaban J connectivity index is 2.06. The zero-order valence-corrected chi connectivity index (χ0v) is 11.7. The smallest absolute Gasteiger partial charge is 0.235 e. The second kappa shape index (κ2) is 6.68. The fourth-order valence-electron chi connectivity index (χ4n) is 1.94. The van der Waals surface area contributed by atoms with Gasteiger partial charge >= 0.3 is 0 Å². The van der Waals surface area contributed by atoms with E-state index in [2.05, 4.69) is 0 Å². The first-order valence-electron chi connectivity index (χ1n) is 6.55. The zero-order chi connectivity index (χ0) is 14.4. The summed E-state index contributed by atoms with van der Waals surface area (Å²) < 4.78 is 30.6. The van der Waals surface area contributed by atoms with Crippen molar-refractivity contribution in [3.63, 3.8) is 0 Å². The van der Waals surface area contributed by atoms with E-state index in [-0.39, 0.29) is 13.0 Å². The summed E-state index contributed by atoms with van der Waals surface area (Å²) in [4.78, 5) is 0. The fraction of sp³-hybridized carbons (Fsp3) is 0.375. The maximum absolute atomic E-state index is 14.5. The van der Waals surface area contributed by atoms with Crippen LogP contribution < -0.4 is 4.74 Å². The predicted octanol–water partition coefficient (Wildman–Crippen LogP) is 3.54. The molecule has 1 aromatic rings. The topological polar surface area (TPSA) is 27.7 Å². The summed E-state index contributed by atoms with van der Waals surface area (Å²) in [6.45, 7) is 2.07. The Morgan fingerprint density at radius 2 is 2.10 bits per heavy atom. The summed E-state index contributed by atoms with van der Waals surface area (Å²) in [5, 5.41) is 0. The third kappa shape index (κ3) is 3.92. The number of methoxy groups -OCH3 is 1. The lowest BCUT2D eigenvalue weighted by molar-refractivity contribution is -0.220.